The van der Waals surface area contributed by atoms with E-state index in [9.17, 15) is 18.8 Å². The average Bonchev–Trinajstić information content (AvgIpc) is 2.42. The molecular formula is C16H21FN2O4. The maximum Gasteiger partial charge on any atom is 0.341 e. The van der Waals surface area contributed by atoms with Crippen LogP contribution in [0.3, 0.4) is 0 Å². The van der Waals surface area contributed by atoms with E-state index in [0.717, 1.165) is 11.0 Å². The molecule has 0 spiro atoms. The van der Waals surface area contributed by atoms with Gasteiger partial charge in [-0.15, -0.1) is 0 Å². The van der Waals surface area contributed by atoms with Crippen molar-refractivity contribution in [2.45, 2.75) is 26.3 Å². The fourth-order valence-electron chi connectivity index (χ4n) is 1.70. The molecule has 0 fully saturated rings. The zero-order chi connectivity index (χ0) is 17.6. The molecule has 0 unspecified atom stereocenters. The van der Waals surface area contributed by atoms with Gasteiger partial charge >= 0.3 is 5.97 Å². The van der Waals surface area contributed by atoms with Crippen LogP contribution < -0.4 is 5.32 Å². The Morgan fingerprint density at radius 2 is 1.83 bits per heavy atom. The van der Waals surface area contributed by atoms with Crippen LogP contribution >= 0.6 is 0 Å². The number of ether oxygens (including phenoxy) is 1. The fraction of sp³-hybridized carbons (Fsp3) is 0.438. The highest BCUT2D eigenvalue weighted by Gasteiger charge is 2.19. The second kappa shape index (κ2) is 7.71. The Morgan fingerprint density at radius 3 is 2.39 bits per heavy atom. The lowest BCUT2D eigenvalue weighted by Gasteiger charge is -2.23. The normalized spacial score (nSPS) is 10.8. The molecule has 1 aromatic rings. The molecule has 0 saturated carbocycles. The third-order valence-electron chi connectivity index (χ3n) is 2.74. The number of likely N-dealkylation sites (N-methyl/N-ethyl adjacent to an activating group) is 1. The summed E-state index contributed by atoms with van der Waals surface area (Å²) in [5, 5.41) is 2.71. The largest absolute Gasteiger partial charge is 0.452 e. The summed E-state index contributed by atoms with van der Waals surface area (Å²) in [7, 11) is 1.42. The van der Waals surface area contributed by atoms with Crippen LogP contribution in [0.4, 0.5) is 4.39 Å². The van der Waals surface area contributed by atoms with Gasteiger partial charge in [0.25, 0.3) is 5.91 Å². The number of rotatable bonds is 5. The third kappa shape index (κ3) is 6.46. The molecule has 0 aliphatic carbocycles. The van der Waals surface area contributed by atoms with Gasteiger partial charge in [-0.1, -0.05) is 12.1 Å². The molecule has 0 aliphatic heterocycles. The predicted octanol–water partition coefficient (Wildman–Crippen LogP) is 1.36. The highest BCUT2D eigenvalue weighted by molar-refractivity contribution is 5.92. The van der Waals surface area contributed by atoms with Gasteiger partial charge < -0.3 is 15.0 Å². The van der Waals surface area contributed by atoms with Crippen LogP contribution in [0.5, 0.6) is 0 Å². The fourth-order valence-corrected chi connectivity index (χ4v) is 1.70. The van der Waals surface area contributed by atoms with E-state index in [1.165, 1.54) is 25.2 Å². The first kappa shape index (κ1) is 18.6. The molecule has 0 radical (unpaired) electrons. The van der Waals surface area contributed by atoms with Crippen molar-refractivity contribution in [2.75, 3.05) is 20.2 Å². The number of hydrogen-bond donors (Lipinski definition) is 1. The SMILES string of the molecule is CN(CC(=O)NC(C)(C)C)C(=O)COC(=O)c1ccccc1F. The lowest BCUT2D eigenvalue weighted by atomic mass is 10.1. The maximum atomic E-state index is 13.4. The first-order chi connectivity index (χ1) is 10.6. The molecule has 0 bridgehead atoms. The number of esters is 1. The van der Waals surface area contributed by atoms with Crippen molar-refractivity contribution >= 4 is 17.8 Å². The molecule has 0 heterocycles. The highest BCUT2D eigenvalue weighted by Crippen LogP contribution is 2.08. The van der Waals surface area contributed by atoms with Gasteiger partial charge in [-0.2, -0.15) is 0 Å². The van der Waals surface area contributed by atoms with Crippen molar-refractivity contribution in [2.24, 2.45) is 0 Å². The monoisotopic (exact) mass is 324 g/mol. The summed E-state index contributed by atoms with van der Waals surface area (Å²) in [6, 6.07) is 5.33. The van der Waals surface area contributed by atoms with E-state index in [1.54, 1.807) is 0 Å². The van der Waals surface area contributed by atoms with Gasteiger partial charge in [0.15, 0.2) is 6.61 Å². The predicted molar refractivity (Wildman–Crippen MR) is 82.2 cm³/mol. The molecule has 2 amide bonds. The molecule has 23 heavy (non-hydrogen) atoms. The molecule has 0 saturated heterocycles. The summed E-state index contributed by atoms with van der Waals surface area (Å²) in [4.78, 5) is 36.4. The molecule has 0 aromatic heterocycles. The molecule has 0 aliphatic rings. The zero-order valence-corrected chi connectivity index (χ0v) is 13.7. The van der Waals surface area contributed by atoms with Crippen LogP contribution in [0.1, 0.15) is 31.1 Å². The number of carbonyl (C=O) groups excluding carboxylic acids is 3. The summed E-state index contributed by atoms with van der Waals surface area (Å²) >= 11 is 0. The van der Waals surface area contributed by atoms with Gasteiger partial charge in [0, 0.05) is 12.6 Å². The van der Waals surface area contributed by atoms with Gasteiger partial charge in [0.2, 0.25) is 5.91 Å². The topological polar surface area (TPSA) is 75.7 Å². The van der Waals surface area contributed by atoms with Crippen LogP contribution in [0, 0.1) is 5.82 Å². The van der Waals surface area contributed by atoms with Crippen LogP contribution in [-0.4, -0.2) is 48.4 Å². The Bertz CT molecular complexity index is 596. The van der Waals surface area contributed by atoms with Crippen LogP contribution in [-0.2, 0) is 14.3 Å². The van der Waals surface area contributed by atoms with Crippen molar-refractivity contribution in [1.29, 1.82) is 0 Å². The van der Waals surface area contributed by atoms with Crippen molar-refractivity contribution in [3.05, 3.63) is 35.6 Å². The van der Waals surface area contributed by atoms with Gasteiger partial charge in [-0.3, -0.25) is 9.59 Å². The molecule has 126 valence electrons. The van der Waals surface area contributed by atoms with E-state index in [-0.39, 0.29) is 18.0 Å². The number of amides is 2. The van der Waals surface area contributed by atoms with Crippen molar-refractivity contribution in [3.8, 4) is 0 Å². The highest BCUT2D eigenvalue weighted by atomic mass is 19.1. The molecule has 1 aromatic carbocycles. The third-order valence-corrected chi connectivity index (χ3v) is 2.74. The number of carbonyl (C=O) groups is 3. The van der Waals surface area contributed by atoms with Crippen molar-refractivity contribution < 1.29 is 23.5 Å². The molecular weight excluding hydrogens is 303 g/mol. The number of hydrogen-bond acceptors (Lipinski definition) is 4. The first-order valence-electron chi connectivity index (χ1n) is 7.07. The number of benzene rings is 1. The molecule has 6 nitrogen and oxygen atoms in total. The summed E-state index contributed by atoms with van der Waals surface area (Å²) in [5.74, 6) is -2.53. The first-order valence-corrected chi connectivity index (χ1v) is 7.07. The number of nitrogens with one attached hydrogen (secondary N) is 1. The van der Waals surface area contributed by atoms with Crippen LogP contribution in [0.2, 0.25) is 0 Å². The van der Waals surface area contributed by atoms with E-state index >= 15 is 0 Å². The van der Waals surface area contributed by atoms with E-state index in [2.05, 4.69) is 5.32 Å². The lowest BCUT2D eigenvalue weighted by Crippen LogP contribution is -2.46. The maximum absolute atomic E-state index is 13.4. The van der Waals surface area contributed by atoms with Crippen molar-refractivity contribution in [3.63, 3.8) is 0 Å². The van der Waals surface area contributed by atoms with Crippen LogP contribution in [0.25, 0.3) is 0 Å². The number of halogens is 1. The summed E-state index contributed by atoms with van der Waals surface area (Å²) in [6.45, 7) is 4.74. The Morgan fingerprint density at radius 1 is 1.22 bits per heavy atom. The minimum absolute atomic E-state index is 0.159. The standard InChI is InChI=1S/C16H21FN2O4/c1-16(2,3)18-13(20)9-19(4)14(21)10-23-15(22)11-7-5-6-8-12(11)17/h5-8H,9-10H2,1-4H3,(H,18,20). The van der Waals surface area contributed by atoms with E-state index in [1.807, 2.05) is 20.8 Å². The molecule has 1 rings (SSSR count). The van der Waals surface area contributed by atoms with E-state index in [0.29, 0.717) is 0 Å². The summed E-state index contributed by atoms with van der Waals surface area (Å²) < 4.78 is 18.2. The van der Waals surface area contributed by atoms with Gasteiger partial charge in [-0.25, -0.2) is 9.18 Å². The second-order valence-corrected chi connectivity index (χ2v) is 6.10. The van der Waals surface area contributed by atoms with E-state index in [4.69, 9.17) is 4.74 Å². The van der Waals surface area contributed by atoms with Gasteiger partial charge in [0.05, 0.1) is 12.1 Å². The minimum Gasteiger partial charge on any atom is -0.452 e. The Balaban J connectivity index is 2.48. The Kier molecular flexibility index (Phi) is 6.24. The lowest BCUT2D eigenvalue weighted by molar-refractivity contribution is -0.137. The quantitative estimate of drug-likeness (QED) is 0.830. The van der Waals surface area contributed by atoms with Crippen molar-refractivity contribution in [1.82, 2.24) is 10.2 Å². The average molecular weight is 324 g/mol. The molecule has 1 N–H and O–H groups in total. The minimum atomic E-state index is -0.927. The number of nitrogens with zero attached hydrogens (tertiary/aromatic N) is 1. The zero-order valence-electron chi connectivity index (χ0n) is 13.7. The Hall–Kier alpha value is -2.44. The van der Waals surface area contributed by atoms with Gasteiger partial charge in [0.1, 0.15) is 5.82 Å². The van der Waals surface area contributed by atoms with Crippen LogP contribution in [0.15, 0.2) is 24.3 Å². The van der Waals surface area contributed by atoms with E-state index < -0.39 is 29.8 Å². The molecule has 0 atom stereocenters. The molecule has 7 heteroatoms. The summed E-state index contributed by atoms with van der Waals surface area (Å²) in [6.07, 6.45) is 0. The smallest absolute Gasteiger partial charge is 0.341 e. The Labute approximate surface area is 134 Å². The second-order valence-electron chi connectivity index (χ2n) is 6.10. The summed E-state index contributed by atoms with van der Waals surface area (Å²) in [5.41, 5.74) is -0.647. The van der Waals surface area contributed by atoms with Gasteiger partial charge in [-0.05, 0) is 32.9 Å².